The summed E-state index contributed by atoms with van der Waals surface area (Å²) in [6.07, 6.45) is -1.36. The summed E-state index contributed by atoms with van der Waals surface area (Å²) < 4.78 is 52.8. The molecular formula is C22H22F3N5O4. The highest BCUT2D eigenvalue weighted by Gasteiger charge is 2.38. The maximum atomic E-state index is 12.7. The highest BCUT2D eigenvalue weighted by atomic mass is 19.4. The molecule has 2 aromatic heterocycles. The third-order valence-electron chi connectivity index (χ3n) is 5.25. The number of nitrogens with zero attached hydrogens (tertiary/aromatic N) is 4. The summed E-state index contributed by atoms with van der Waals surface area (Å²) >= 11 is 0. The number of hydrogen-bond donors (Lipinski definition) is 1. The van der Waals surface area contributed by atoms with Crippen LogP contribution in [0.3, 0.4) is 0 Å². The molecule has 0 unspecified atom stereocenters. The van der Waals surface area contributed by atoms with Crippen LogP contribution in [0.25, 0.3) is 11.4 Å². The lowest BCUT2D eigenvalue weighted by Gasteiger charge is -2.16. The first kappa shape index (κ1) is 23.3. The van der Waals surface area contributed by atoms with E-state index in [2.05, 4.69) is 29.9 Å². The highest BCUT2D eigenvalue weighted by Crippen LogP contribution is 2.31. The Balaban J connectivity index is 1.31. The molecule has 0 spiro atoms. The number of anilines is 1. The molecule has 0 atom stereocenters. The Morgan fingerprint density at radius 3 is 2.65 bits per heavy atom. The van der Waals surface area contributed by atoms with E-state index in [-0.39, 0.29) is 24.5 Å². The summed E-state index contributed by atoms with van der Waals surface area (Å²) in [5.41, 5.74) is 1.62. The molecule has 1 N–H and O–H groups in total. The van der Waals surface area contributed by atoms with Gasteiger partial charge in [-0.15, -0.1) is 0 Å². The zero-order valence-corrected chi connectivity index (χ0v) is 18.3. The summed E-state index contributed by atoms with van der Waals surface area (Å²) in [4.78, 5) is 22.1. The van der Waals surface area contributed by atoms with Gasteiger partial charge in [-0.3, -0.25) is 0 Å². The smallest absolute Gasteiger partial charge is 0.471 e. The van der Waals surface area contributed by atoms with Crippen LogP contribution in [0, 0.1) is 0 Å². The number of methoxy groups -OCH3 is 1. The van der Waals surface area contributed by atoms with Crippen molar-refractivity contribution in [3.63, 3.8) is 0 Å². The van der Waals surface area contributed by atoms with Crippen LogP contribution in [-0.4, -0.2) is 41.4 Å². The lowest BCUT2D eigenvalue weighted by atomic mass is 10.1. The van der Waals surface area contributed by atoms with Crippen molar-refractivity contribution >= 4 is 11.9 Å². The quantitative estimate of drug-likeness (QED) is 0.541. The van der Waals surface area contributed by atoms with Crippen molar-refractivity contribution in [3.8, 4) is 17.1 Å². The van der Waals surface area contributed by atoms with Crippen molar-refractivity contribution in [1.29, 1.82) is 0 Å². The normalized spacial score (nSPS) is 13.7. The van der Waals surface area contributed by atoms with Crippen molar-refractivity contribution in [3.05, 3.63) is 53.5 Å². The Morgan fingerprint density at radius 2 is 2.00 bits per heavy atom. The first-order chi connectivity index (χ1) is 16.3. The van der Waals surface area contributed by atoms with Gasteiger partial charge in [0.05, 0.1) is 7.11 Å². The average Bonchev–Trinajstić information content (AvgIpc) is 3.54. The van der Waals surface area contributed by atoms with E-state index < -0.39 is 18.2 Å². The van der Waals surface area contributed by atoms with Crippen molar-refractivity contribution in [1.82, 2.24) is 20.4 Å². The number of carbonyl (C=O) groups is 1. The number of halogens is 3. The predicted molar refractivity (Wildman–Crippen MR) is 114 cm³/mol. The predicted octanol–water partition coefficient (Wildman–Crippen LogP) is 4.19. The maximum Gasteiger partial charge on any atom is 0.471 e. The second-order valence-corrected chi connectivity index (χ2v) is 7.60. The molecule has 0 aliphatic carbocycles. The number of rotatable bonds is 7. The summed E-state index contributed by atoms with van der Waals surface area (Å²) in [6.45, 7) is 2.14. The van der Waals surface area contributed by atoms with Gasteiger partial charge in [0, 0.05) is 42.5 Å². The molecule has 34 heavy (non-hydrogen) atoms. The highest BCUT2D eigenvalue weighted by molar-refractivity contribution is 5.67. The molecule has 1 amide bonds. The number of carbonyl (C=O) groups excluding carboxylic acids is 1. The molecule has 3 aromatic rings. The van der Waals surface area contributed by atoms with Crippen molar-refractivity contribution in [2.45, 2.75) is 32.2 Å². The van der Waals surface area contributed by atoms with Gasteiger partial charge in [-0.25, -0.2) is 9.78 Å². The number of nitrogens with one attached hydrogen (secondary N) is 1. The van der Waals surface area contributed by atoms with E-state index >= 15 is 0 Å². The summed E-state index contributed by atoms with van der Waals surface area (Å²) in [5.74, 6) is -0.417. The zero-order chi connectivity index (χ0) is 24.1. The lowest BCUT2D eigenvalue weighted by molar-refractivity contribution is -0.159. The monoisotopic (exact) mass is 477 g/mol. The minimum Gasteiger partial charge on any atom is -0.496 e. The number of amides is 1. The summed E-state index contributed by atoms with van der Waals surface area (Å²) in [5, 5.41) is 5.97. The summed E-state index contributed by atoms with van der Waals surface area (Å²) in [7, 11) is 1.40. The minimum atomic E-state index is -4.73. The fraction of sp³-hybridized carbons (Fsp3) is 0.364. The van der Waals surface area contributed by atoms with Gasteiger partial charge in [0.2, 0.25) is 5.82 Å². The number of alkyl halides is 3. The van der Waals surface area contributed by atoms with Gasteiger partial charge in [-0.05, 0) is 25.0 Å². The third-order valence-corrected chi connectivity index (χ3v) is 5.25. The van der Waals surface area contributed by atoms with Gasteiger partial charge < -0.3 is 24.2 Å². The van der Waals surface area contributed by atoms with E-state index in [1.807, 2.05) is 12.1 Å². The number of alkyl carbamates (subject to hydrolysis) is 1. The van der Waals surface area contributed by atoms with Crippen LogP contribution in [0.5, 0.6) is 5.75 Å². The first-order valence-corrected chi connectivity index (χ1v) is 10.5. The molecule has 9 nitrogen and oxygen atoms in total. The lowest BCUT2D eigenvalue weighted by Crippen LogP contribution is -2.24. The van der Waals surface area contributed by atoms with Crippen LogP contribution in [0.1, 0.15) is 29.9 Å². The fourth-order valence-electron chi connectivity index (χ4n) is 3.49. The Labute approximate surface area is 192 Å². The van der Waals surface area contributed by atoms with E-state index in [0.29, 0.717) is 11.3 Å². The largest absolute Gasteiger partial charge is 0.496 e. The van der Waals surface area contributed by atoms with Crippen LogP contribution in [0.15, 0.2) is 41.1 Å². The number of benzene rings is 1. The Kier molecular flexibility index (Phi) is 6.85. The molecule has 180 valence electrons. The van der Waals surface area contributed by atoms with Gasteiger partial charge in [0.15, 0.2) is 0 Å². The van der Waals surface area contributed by atoms with Crippen LogP contribution in [0.2, 0.25) is 0 Å². The molecule has 1 aromatic carbocycles. The number of pyridine rings is 1. The SMILES string of the molecule is COc1cc(-c2noc(C(F)(F)F)n2)ccc1CNC(=O)OCc1ccc(N2CCCC2)nc1. The van der Waals surface area contributed by atoms with Crippen molar-refractivity contribution in [2.24, 2.45) is 0 Å². The molecule has 0 saturated carbocycles. The molecule has 1 aliphatic heterocycles. The minimum absolute atomic E-state index is 0.0640. The zero-order valence-electron chi connectivity index (χ0n) is 18.3. The molecule has 3 heterocycles. The molecule has 12 heteroatoms. The van der Waals surface area contributed by atoms with E-state index in [4.69, 9.17) is 9.47 Å². The standard InChI is InChI=1S/C22H22F3N5O4/c1-32-17-10-15(19-28-20(34-29-19)22(23,24)25)5-6-16(17)12-27-21(31)33-13-14-4-7-18(26-11-14)30-8-2-3-9-30/h4-7,10-11H,2-3,8-9,12-13H2,1H3,(H,27,31). The van der Waals surface area contributed by atoms with Crippen LogP contribution >= 0.6 is 0 Å². The maximum absolute atomic E-state index is 12.7. The molecule has 0 radical (unpaired) electrons. The molecule has 4 rings (SSSR count). The molecular weight excluding hydrogens is 455 g/mol. The van der Waals surface area contributed by atoms with Gasteiger partial charge in [0.1, 0.15) is 18.2 Å². The van der Waals surface area contributed by atoms with Crippen molar-refractivity contribution < 1.29 is 32.0 Å². The fourth-order valence-corrected chi connectivity index (χ4v) is 3.49. The molecule has 1 saturated heterocycles. The van der Waals surface area contributed by atoms with Gasteiger partial charge >= 0.3 is 18.2 Å². The first-order valence-electron chi connectivity index (χ1n) is 10.5. The van der Waals surface area contributed by atoms with Crippen LogP contribution in [0.4, 0.5) is 23.8 Å². The third kappa shape index (κ3) is 5.56. The Hall–Kier alpha value is -3.83. The van der Waals surface area contributed by atoms with Gasteiger partial charge in [-0.1, -0.05) is 23.4 Å². The second-order valence-electron chi connectivity index (χ2n) is 7.60. The van der Waals surface area contributed by atoms with E-state index in [1.165, 1.54) is 19.2 Å². The van der Waals surface area contributed by atoms with Crippen molar-refractivity contribution in [2.75, 3.05) is 25.1 Å². The molecule has 0 bridgehead atoms. The van der Waals surface area contributed by atoms with E-state index in [0.717, 1.165) is 37.3 Å². The Bertz CT molecular complexity index is 1130. The molecule has 1 aliphatic rings. The Morgan fingerprint density at radius 1 is 1.21 bits per heavy atom. The average molecular weight is 477 g/mol. The van der Waals surface area contributed by atoms with Gasteiger partial charge in [0.25, 0.3) is 0 Å². The summed E-state index contributed by atoms with van der Waals surface area (Å²) in [6, 6.07) is 8.33. The molecule has 1 fully saturated rings. The van der Waals surface area contributed by atoms with Gasteiger partial charge in [-0.2, -0.15) is 18.2 Å². The second kappa shape index (κ2) is 9.98. The number of hydrogen-bond acceptors (Lipinski definition) is 8. The number of aromatic nitrogens is 3. The van der Waals surface area contributed by atoms with Crippen LogP contribution < -0.4 is 15.0 Å². The number of ether oxygens (including phenoxy) is 2. The van der Waals surface area contributed by atoms with E-state index in [9.17, 15) is 18.0 Å². The topological polar surface area (TPSA) is 103 Å². The van der Waals surface area contributed by atoms with Crippen LogP contribution in [-0.2, 0) is 24.1 Å². The van der Waals surface area contributed by atoms with E-state index in [1.54, 1.807) is 12.3 Å².